The number of pyridine rings is 1. The Morgan fingerprint density at radius 2 is 1.76 bits per heavy atom. The van der Waals surface area contributed by atoms with Crippen LogP contribution in [0.5, 0.6) is 5.88 Å². The second kappa shape index (κ2) is 6.76. The molecule has 0 saturated heterocycles. The summed E-state index contributed by atoms with van der Waals surface area (Å²) in [5.74, 6) is 0.474. The van der Waals surface area contributed by atoms with E-state index in [4.69, 9.17) is 10.5 Å². The summed E-state index contributed by atoms with van der Waals surface area (Å²) in [6.07, 6.45) is 0.915. The summed E-state index contributed by atoms with van der Waals surface area (Å²) in [5, 5.41) is 1.47. The van der Waals surface area contributed by atoms with E-state index < -0.39 is 0 Å². The predicted molar refractivity (Wildman–Crippen MR) is 84.8 cm³/mol. The molecule has 0 aliphatic carbocycles. The molecule has 0 atom stereocenters. The average Bonchev–Trinajstić information content (AvgIpc) is 2.45. The number of rotatable bonds is 5. The summed E-state index contributed by atoms with van der Waals surface area (Å²) in [6, 6.07) is 3.65. The number of aryl methyl sites for hydroxylation is 2. The van der Waals surface area contributed by atoms with Gasteiger partial charge in [-0.05, 0) is 56.7 Å². The standard InChI is InChI=1S/C15H20N4OS/c1-5-8-20-14-12(16)6-7-13(19-14)21-15-17-10(3)9(2)11(4)18-15/h6-7H,5,8,16H2,1-4H3. The molecular formula is C15H20N4OS. The third-order valence-electron chi connectivity index (χ3n) is 3.12. The number of nitrogens with zero attached hydrogens (tertiary/aromatic N) is 3. The van der Waals surface area contributed by atoms with Crippen LogP contribution in [0.4, 0.5) is 5.69 Å². The highest BCUT2D eigenvalue weighted by Crippen LogP contribution is 2.28. The quantitative estimate of drug-likeness (QED) is 0.854. The van der Waals surface area contributed by atoms with Crippen LogP contribution in [0.2, 0.25) is 0 Å². The van der Waals surface area contributed by atoms with Gasteiger partial charge in [-0.3, -0.25) is 0 Å². The van der Waals surface area contributed by atoms with Crippen LogP contribution >= 0.6 is 11.8 Å². The minimum atomic E-state index is 0.474. The van der Waals surface area contributed by atoms with Crippen LogP contribution in [0.15, 0.2) is 22.3 Å². The van der Waals surface area contributed by atoms with Gasteiger partial charge < -0.3 is 10.5 Å². The van der Waals surface area contributed by atoms with Crippen molar-refractivity contribution >= 4 is 17.4 Å². The second-order valence-corrected chi connectivity index (χ2v) is 5.78. The van der Waals surface area contributed by atoms with Crippen LogP contribution in [0.1, 0.15) is 30.3 Å². The molecule has 0 spiro atoms. The lowest BCUT2D eigenvalue weighted by Crippen LogP contribution is -2.02. The van der Waals surface area contributed by atoms with E-state index in [-0.39, 0.29) is 0 Å². The molecule has 2 heterocycles. The summed E-state index contributed by atoms with van der Waals surface area (Å²) in [4.78, 5) is 13.4. The summed E-state index contributed by atoms with van der Waals surface area (Å²) in [7, 11) is 0. The minimum absolute atomic E-state index is 0.474. The fraction of sp³-hybridized carbons (Fsp3) is 0.400. The van der Waals surface area contributed by atoms with E-state index >= 15 is 0 Å². The fourth-order valence-corrected chi connectivity index (χ4v) is 2.50. The number of nitrogens with two attached hydrogens (primary N) is 1. The van der Waals surface area contributed by atoms with Crippen molar-refractivity contribution in [1.82, 2.24) is 15.0 Å². The third kappa shape index (κ3) is 3.85. The molecule has 0 bridgehead atoms. The average molecular weight is 304 g/mol. The number of hydrogen-bond acceptors (Lipinski definition) is 6. The van der Waals surface area contributed by atoms with Gasteiger partial charge in [0.25, 0.3) is 0 Å². The molecule has 2 aromatic heterocycles. The van der Waals surface area contributed by atoms with E-state index in [0.717, 1.165) is 28.4 Å². The van der Waals surface area contributed by atoms with E-state index in [0.29, 0.717) is 23.3 Å². The van der Waals surface area contributed by atoms with Gasteiger partial charge >= 0.3 is 0 Å². The lowest BCUT2D eigenvalue weighted by molar-refractivity contribution is 0.305. The van der Waals surface area contributed by atoms with Gasteiger partial charge in [-0.15, -0.1) is 0 Å². The molecule has 0 fully saturated rings. The van der Waals surface area contributed by atoms with Gasteiger partial charge in [0.15, 0.2) is 5.16 Å². The monoisotopic (exact) mass is 304 g/mol. The number of nitrogen functional groups attached to an aromatic ring is 1. The van der Waals surface area contributed by atoms with Gasteiger partial charge in [0.2, 0.25) is 5.88 Å². The number of anilines is 1. The zero-order chi connectivity index (χ0) is 15.4. The van der Waals surface area contributed by atoms with Gasteiger partial charge in [-0.1, -0.05) is 6.92 Å². The molecule has 0 amide bonds. The van der Waals surface area contributed by atoms with Crippen LogP contribution in [0.3, 0.4) is 0 Å². The molecule has 2 N–H and O–H groups in total. The fourth-order valence-electron chi connectivity index (χ4n) is 1.69. The van der Waals surface area contributed by atoms with Crippen molar-refractivity contribution in [3.05, 3.63) is 29.1 Å². The van der Waals surface area contributed by atoms with Crippen molar-refractivity contribution in [3.8, 4) is 5.88 Å². The van der Waals surface area contributed by atoms with Gasteiger partial charge in [0.1, 0.15) is 5.03 Å². The molecule has 0 radical (unpaired) electrons. The van der Waals surface area contributed by atoms with E-state index in [9.17, 15) is 0 Å². The first-order chi connectivity index (χ1) is 10.0. The molecule has 2 rings (SSSR count). The maximum absolute atomic E-state index is 5.86. The Hall–Kier alpha value is -1.82. The normalized spacial score (nSPS) is 10.7. The third-order valence-corrected chi connectivity index (χ3v) is 3.92. The molecule has 112 valence electrons. The van der Waals surface area contributed by atoms with Gasteiger partial charge in [-0.25, -0.2) is 15.0 Å². The SMILES string of the molecule is CCCOc1nc(Sc2nc(C)c(C)c(C)n2)ccc1N. The lowest BCUT2D eigenvalue weighted by Gasteiger charge is -2.09. The molecule has 2 aromatic rings. The molecule has 21 heavy (non-hydrogen) atoms. The van der Waals surface area contributed by atoms with Crippen molar-refractivity contribution in [2.45, 2.75) is 44.3 Å². The summed E-state index contributed by atoms with van der Waals surface area (Å²) in [6.45, 7) is 8.64. The van der Waals surface area contributed by atoms with Gasteiger partial charge in [-0.2, -0.15) is 0 Å². The Balaban J connectivity index is 2.23. The van der Waals surface area contributed by atoms with Crippen molar-refractivity contribution in [3.63, 3.8) is 0 Å². The first-order valence-corrected chi connectivity index (χ1v) is 7.72. The Labute approximate surface area is 129 Å². The summed E-state index contributed by atoms with van der Waals surface area (Å²) >= 11 is 1.41. The van der Waals surface area contributed by atoms with E-state index in [1.807, 2.05) is 33.8 Å². The molecule has 5 nitrogen and oxygen atoms in total. The molecule has 6 heteroatoms. The highest BCUT2D eigenvalue weighted by molar-refractivity contribution is 7.99. The van der Waals surface area contributed by atoms with Crippen LogP contribution < -0.4 is 10.5 Å². The lowest BCUT2D eigenvalue weighted by atomic mass is 10.2. The largest absolute Gasteiger partial charge is 0.476 e. The van der Waals surface area contributed by atoms with Gasteiger partial charge in [0.05, 0.1) is 12.3 Å². The first kappa shape index (κ1) is 15.6. The maximum Gasteiger partial charge on any atom is 0.238 e. The van der Waals surface area contributed by atoms with Crippen molar-refractivity contribution in [2.24, 2.45) is 0 Å². The Kier molecular flexibility index (Phi) is 5.01. The van der Waals surface area contributed by atoms with E-state index in [1.54, 1.807) is 6.07 Å². The second-order valence-electron chi connectivity index (χ2n) is 4.80. The van der Waals surface area contributed by atoms with E-state index in [1.165, 1.54) is 11.8 Å². The summed E-state index contributed by atoms with van der Waals surface area (Å²) < 4.78 is 5.54. The van der Waals surface area contributed by atoms with Crippen LogP contribution in [-0.4, -0.2) is 21.6 Å². The number of ether oxygens (including phenoxy) is 1. The van der Waals surface area contributed by atoms with Crippen molar-refractivity contribution in [1.29, 1.82) is 0 Å². The Morgan fingerprint density at radius 1 is 1.10 bits per heavy atom. The first-order valence-electron chi connectivity index (χ1n) is 6.90. The molecule has 0 aromatic carbocycles. The zero-order valence-electron chi connectivity index (χ0n) is 12.8. The Bertz CT molecular complexity index is 623. The molecule has 0 aliphatic rings. The van der Waals surface area contributed by atoms with E-state index in [2.05, 4.69) is 15.0 Å². The summed E-state index contributed by atoms with van der Waals surface area (Å²) in [5.41, 5.74) is 9.51. The van der Waals surface area contributed by atoms with Crippen LogP contribution in [0, 0.1) is 20.8 Å². The predicted octanol–water partition coefficient (Wildman–Crippen LogP) is 3.32. The van der Waals surface area contributed by atoms with Crippen LogP contribution in [0.25, 0.3) is 0 Å². The number of hydrogen-bond donors (Lipinski definition) is 1. The zero-order valence-corrected chi connectivity index (χ0v) is 13.6. The molecule has 0 saturated carbocycles. The minimum Gasteiger partial charge on any atom is -0.476 e. The van der Waals surface area contributed by atoms with Crippen molar-refractivity contribution in [2.75, 3.05) is 12.3 Å². The topological polar surface area (TPSA) is 73.9 Å². The number of aromatic nitrogens is 3. The van der Waals surface area contributed by atoms with Gasteiger partial charge in [0, 0.05) is 11.4 Å². The smallest absolute Gasteiger partial charge is 0.238 e. The van der Waals surface area contributed by atoms with Crippen LogP contribution in [-0.2, 0) is 0 Å². The highest BCUT2D eigenvalue weighted by Gasteiger charge is 2.09. The van der Waals surface area contributed by atoms with Crippen molar-refractivity contribution < 1.29 is 4.74 Å². The highest BCUT2D eigenvalue weighted by atomic mass is 32.2. The molecule has 0 aliphatic heterocycles. The Morgan fingerprint density at radius 3 is 2.38 bits per heavy atom. The molecule has 0 unspecified atom stereocenters. The maximum atomic E-state index is 5.86. The molecular weight excluding hydrogens is 284 g/mol.